The standard InChI is InChI=1S/C5H10O.CH4/c1-6-4-5-2-3-5;/h5H,2-4H2,1H3;1H4. The van der Waals surface area contributed by atoms with Gasteiger partial charge in [0.05, 0.1) is 0 Å². The fraction of sp³-hybridized carbons (Fsp3) is 1.00. The molecule has 0 aromatic rings. The zero-order valence-electron chi connectivity index (χ0n) is 4.11. The molecule has 0 unspecified atom stereocenters. The smallest absolute Gasteiger partial charge is 0.0490 e. The first-order chi connectivity index (χ1) is 2.93. The van der Waals surface area contributed by atoms with Gasteiger partial charge in [-0.1, -0.05) is 7.43 Å². The van der Waals surface area contributed by atoms with Gasteiger partial charge in [0.1, 0.15) is 0 Å². The van der Waals surface area contributed by atoms with Gasteiger partial charge in [-0.3, -0.25) is 0 Å². The third kappa shape index (κ3) is 2.63. The Kier molecular flexibility index (Phi) is 3.01. The molecule has 0 spiro atoms. The average Bonchev–Trinajstić information content (AvgIpc) is 2.21. The second-order valence-electron chi connectivity index (χ2n) is 1.90. The number of hydrogen-bond acceptors (Lipinski definition) is 1. The number of hydrogen-bond donors (Lipinski definition) is 0. The second kappa shape index (κ2) is 3.03. The summed E-state index contributed by atoms with van der Waals surface area (Å²) in [5.41, 5.74) is 0. The molecule has 1 aliphatic rings. The van der Waals surface area contributed by atoms with Gasteiger partial charge in [0.25, 0.3) is 0 Å². The minimum atomic E-state index is 0. The van der Waals surface area contributed by atoms with Crippen LogP contribution in [-0.2, 0) is 4.74 Å². The van der Waals surface area contributed by atoms with Crippen LogP contribution in [0.2, 0.25) is 0 Å². The Bertz CT molecular complexity index is 39.4. The highest BCUT2D eigenvalue weighted by Crippen LogP contribution is 2.28. The summed E-state index contributed by atoms with van der Waals surface area (Å²) in [5.74, 6) is 0.926. The first-order valence-electron chi connectivity index (χ1n) is 2.42. The minimum absolute atomic E-state index is 0. The molecule has 1 aliphatic carbocycles. The summed E-state index contributed by atoms with van der Waals surface area (Å²) < 4.78 is 4.87. The van der Waals surface area contributed by atoms with Crippen molar-refractivity contribution in [2.75, 3.05) is 13.7 Å². The van der Waals surface area contributed by atoms with E-state index in [9.17, 15) is 0 Å². The normalized spacial score (nSPS) is 18.4. The molecule has 1 saturated carbocycles. The number of ether oxygens (including phenoxy) is 1. The molecule has 44 valence electrons. The van der Waals surface area contributed by atoms with Gasteiger partial charge in [-0.05, 0) is 18.8 Å². The number of methoxy groups -OCH3 is 1. The highest BCUT2D eigenvalue weighted by molar-refractivity contribution is 4.71. The summed E-state index contributed by atoms with van der Waals surface area (Å²) in [6, 6.07) is 0. The molecule has 0 aromatic heterocycles. The van der Waals surface area contributed by atoms with Crippen molar-refractivity contribution in [3.63, 3.8) is 0 Å². The van der Waals surface area contributed by atoms with E-state index in [2.05, 4.69) is 0 Å². The monoisotopic (exact) mass is 102 g/mol. The van der Waals surface area contributed by atoms with E-state index in [0.717, 1.165) is 12.5 Å². The Morgan fingerprint density at radius 3 is 2.29 bits per heavy atom. The molecule has 0 amide bonds. The predicted molar refractivity (Wildman–Crippen MR) is 31.3 cm³/mol. The molecule has 0 bridgehead atoms. The van der Waals surface area contributed by atoms with E-state index in [1.807, 2.05) is 0 Å². The Morgan fingerprint density at radius 1 is 1.57 bits per heavy atom. The van der Waals surface area contributed by atoms with Crippen LogP contribution >= 0.6 is 0 Å². The lowest BCUT2D eigenvalue weighted by Gasteiger charge is -1.87. The second-order valence-corrected chi connectivity index (χ2v) is 1.90. The van der Waals surface area contributed by atoms with E-state index in [1.165, 1.54) is 12.8 Å². The van der Waals surface area contributed by atoms with Crippen molar-refractivity contribution >= 4 is 0 Å². The Labute approximate surface area is 45.7 Å². The van der Waals surface area contributed by atoms with E-state index >= 15 is 0 Å². The molecule has 1 heteroatoms. The van der Waals surface area contributed by atoms with Crippen LogP contribution in [0.15, 0.2) is 0 Å². The van der Waals surface area contributed by atoms with Gasteiger partial charge < -0.3 is 4.74 Å². The Morgan fingerprint density at radius 2 is 2.14 bits per heavy atom. The van der Waals surface area contributed by atoms with Gasteiger partial charge in [-0.2, -0.15) is 0 Å². The zero-order chi connectivity index (χ0) is 4.41. The molecule has 0 N–H and O–H groups in total. The first kappa shape index (κ1) is 6.96. The summed E-state index contributed by atoms with van der Waals surface area (Å²) in [6.07, 6.45) is 2.79. The summed E-state index contributed by atoms with van der Waals surface area (Å²) >= 11 is 0. The molecule has 0 heterocycles. The van der Waals surface area contributed by atoms with Crippen molar-refractivity contribution < 1.29 is 4.74 Å². The average molecular weight is 102 g/mol. The largest absolute Gasteiger partial charge is 0.384 e. The first-order valence-corrected chi connectivity index (χ1v) is 2.42. The Hall–Kier alpha value is -0.0400. The molecule has 0 radical (unpaired) electrons. The van der Waals surface area contributed by atoms with Gasteiger partial charge in [0, 0.05) is 13.7 Å². The van der Waals surface area contributed by atoms with Gasteiger partial charge in [-0.15, -0.1) is 0 Å². The van der Waals surface area contributed by atoms with E-state index in [1.54, 1.807) is 7.11 Å². The molecular formula is C6H14O. The number of rotatable bonds is 2. The van der Waals surface area contributed by atoms with Crippen molar-refractivity contribution in [2.24, 2.45) is 5.92 Å². The van der Waals surface area contributed by atoms with Gasteiger partial charge >= 0.3 is 0 Å². The summed E-state index contributed by atoms with van der Waals surface area (Å²) in [6.45, 7) is 0.986. The lowest BCUT2D eigenvalue weighted by Crippen LogP contribution is -1.87. The molecule has 1 fully saturated rings. The summed E-state index contributed by atoms with van der Waals surface area (Å²) in [5, 5.41) is 0. The highest BCUT2D eigenvalue weighted by atomic mass is 16.5. The molecule has 1 nitrogen and oxygen atoms in total. The molecule has 7 heavy (non-hydrogen) atoms. The van der Waals surface area contributed by atoms with Crippen molar-refractivity contribution in [1.82, 2.24) is 0 Å². The topological polar surface area (TPSA) is 9.23 Å². The van der Waals surface area contributed by atoms with E-state index in [4.69, 9.17) is 4.74 Å². The van der Waals surface area contributed by atoms with Crippen molar-refractivity contribution in [3.05, 3.63) is 0 Å². The van der Waals surface area contributed by atoms with Crippen LogP contribution in [0.25, 0.3) is 0 Å². The predicted octanol–water partition coefficient (Wildman–Crippen LogP) is 1.68. The maximum atomic E-state index is 4.87. The van der Waals surface area contributed by atoms with Crippen LogP contribution in [0.4, 0.5) is 0 Å². The lowest BCUT2D eigenvalue weighted by atomic mass is 10.5. The van der Waals surface area contributed by atoms with E-state index in [-0.39, 0.29) is 7.43 Å². The highest BCUT2D eigenvalue weighted by Gasteiger charge is 2.19. The van der Waals surface area contributed by atoms with Crippen LogP contribution in [0.5, 0.6) is 0 Å². The van der Waals surface area contributed by atoms with Crippen molar-refractivity contribution in [1.29, 1.82) is 0 Å². The van der Waals surface area contributed by atoms with Crippen LogP contribution in [0, 0.1) is 5.92 Å². The van der Waals surface area contributed by atoms with Gasteiger partial charge in [-0.25, -0.2) is 0 Å². The fourth-order valence-corrected chi connectivity index (χ4v) is 0.520. The molecule has 0 aliphatic heterocycles. The molecular weight excluding hydrogens is 88.1 g/mol. The van der Waals surface area contributed by atoms with Gasteiger partial charge in [0.2, 0.25) is 0 Å². The van der Waals surface area contributed by atoms with Crippen LogP contribution in [0.1, 0.15) is 20.3 Å². The van der Waals surface area contributed by atoms with Crippen molar-refractivity contribution in [2.45, 2.75) is 20.3 Å². The summed E-state index contributed by atoms with van der Waals surface area (Å²) in [7, 11) is 1.76. The third-order valence-electron chi connectivity index (χ3n) is 1.10. The van der Waals surface area contributed by atoms with Crippen LogP contribution in [0.3, 0.4) is 0 Å². The fourth-order valence-electron chi connectivity index (χ4n) is 0.520. The van der Waals surface area contributed by atoms with E-state index in [0.29, 0.717) is 0 Å². The molecule has 0 aromatic carbocycles. The van der Waals surface area contributed by atoms with Crippen molar-refractivity contribution in [3.8, 4) is 0 Å². The molecule has 0 atom stereocenters. The van der Waals surface area contributed by atoms with Crippen LogP contribution in [-0.4, -0.2) is 13.7 Å². The Balaban J connectivity index is 0.000000360. The maximum absolute atomic E-state index is 4.87. The molecule has 0 saturated heterocycles. The zero-order valence-corrected chi connectivity index (χ0v) is 4.11. The van der Waals surface area contributed by atoms with E-state index < -0.39 is 0 Å². The van der Waals surface area contributed by atoms with Gasteiger partial charge in [0.15, 0.2) is 0 Å². The third-order valence-corrected chi connectivity index (χ3v) is 1.10. The molecule has 1 rings (SSSR count). The van der Waals surface area contributed by atoms with Crippen LogP contribution < -0.4 is 0 Å². The maximum Gasteiger partial charge on any atom is 0.0490 e. The lowest BCUT2D eigenvalue weighted by molar-refractivity contribution is 0.186. The summed E-state index contributed by atoms with van der Waals surface area (Å²) in [4.78, 5) is 0. The minimum Gasteiger partial charge on any atom is -0.384 e. The SMILES string of the molecule is C.COCC1CC1. The quantitative estimate of drug-likeness (QED) is 0.515.